The first-order valence-electron chi connectivity index (χ1n) is 5.63. The average molecular weight is 183 g/mol. The van der Waals surface area contributed by atoms with E-state index in [0.717, 1.165) is 18.4 Å². The van der Waals surface area contributed by atoms with Crippen LogP contribution in [0, 0.1) is 17.8 Å². The highest BCUT2D eigenvalue weighted by Crippen LogP contribution is 2.37. The lowest BCUT2D eigenvalue weighted by molar-refractivity contribution is 0.211. The summed E-state index contributed by atoms with van der Waals surface area (Å²) >= 11 is 0. The summed E-state index contributed by atoms with van der Waals surface area (Å²) in [5.74, 6) is 2.47. The molecule has 1 aliphatic heterocycles. The van der Waals surface area contributed by atoms with Gasteiger partial charge in [-0.1, -0.05) is 6.92 Å². The molecule has 1 N–H and O–H groups in total. The van der Waals surface area contributed by atoms with E-state index < -0.39 is 0 Å². The van der Waals surface area contributed by atoms with Gasteiger partial charge in [-0.15, -0.1) is 0 Å². The largest absolute Gasteiger partial charge is 0.396 e. The number of aliphatic hydroxyl groups is 1. The molecule has 76 valence electrons. The van der Waals surface area contributed by atoms with Crippen molar-refractivity contribution >= 4 is 0 Å². The molecule has 1 aliphatic carbocycles. The van der Waals surface area contributed by atoms with Crippen molar-refractivity contribution in [3.8, 4) is 0 Å². The Kier molecular flexibility index (Phi) is 2.89. The number of rotatable bonds is 4. The van der Waals surface area contributed by atoms with Crippen LogP contribution in [0.5, 0.6) is 0 Å². The van der Waals surface area contributed by atoms with Crippen molar-refractivity contribution in [3.63, 3.8) is 0 Å². The molecular weight excluding hydrogens is 162 g/mol. The second kappa shape index (κ2) is 3.97. The van der Waals surface area contributed by atoms with E-state index in [0.29, 0.717) is 12.5 Å². The third kappa shape index (κ3) is 2.44. The van der Waals surface area contributed by atoms with E-state index in [1.165, 1.54) is 32.4 Å². The molecule has 0 amide bonds. The molecule has 0 aromatic carbocycles. The summed E-state index contributed by atoms with van der Waals surface area (Å²) in [6.45, 7) is 6.37. The number of likely N-dealkylation sites (tertiary alicyclic amines) is 1. The smallest absolute Gasteiger partial charge is 0.0471 e. The predicted molar refractivity (Wildman–Crippen MR) is 53.5 cm³/mol. The molecule has 2 fully saturated rings. The fraction of sp³-hybridized carbons (Fsp3) is 1.00. The van der Waals surface area contributed by atoms with E-state index in [1.54, 1.807) is 0 Å². The summed E-state index contributed by atoms with van der Waals surface area (Å²) in [6, 6.07) is 0. The minimum Gasteiger partial charge on any atom is -0.396 e. The Morgan fingerprint density at radius 2 is 2.15 bits per heavy atom. The normalized spacial score (nSPS) is 32.3. The van der Waals surface area contributed by atoms with Crippen molar-refractivity contribution in [2.45, 2.75) is 26.2 Å². The molecule has 0 aromatic rings. The predicted octanol–water partition coefficient (Wildman–Crippen LogP) is 1.35. The molecule has 0 aromatic heterocycles. The zero-order valence-electron chi connectivity index (χ0n) is 8.58. The van der Waals surface area contributed by atoms with Gasteiger partial charge >= 0.3 is 0 Å². The Labute approximate surface area is 80.9 Å². The van der Waals surface area contributed by atoms with Crippen molar-refractivity contribution < 1.29 is 5.11 Å². The summed E-state index contributed by atoms with van der Waals surface area (Å²) in [5.41, 5.74) is 0. The SMILES string of the molecule is CC(CN1CCC(CO)C1)C1CC1. The minimum absolute atomic E-state index is 0.383. The highest BCUT2D eigenvalue weighted by Gasteiger charge is 2.31. The van der Waals surface area contributed by atoms with Gasteiger partial charge in [0.25, 0.3) is 0 Å². The van der Waals surface area contributed by atoms with Gasteiger partial charge in [0.2, 0.25) is 0 Å². The second-order valence-electron chi connectivity index (χ2n) is 4.91. The number of nitrogens with zero attached hydrogens (tertiary/aromatic N) is 1. The van der Waals surface area contributed by atoms with Crippen LogP contribution < -0.4 is 0 Å². The third-order valence-corrected chi connectivity index (χ3v) is 3.60. The maximum Gasteiger partial charge on any atom is 0.0471 e. The van der Waals surface area contributed by atoms with E-state index in [-0.39, 0.29) is 0 Å². The van der Waals surface area contributed by atoms with Gasteiger partial charge in [0.05, 0.1) is 0 Å². The Hall–Kier alpha value is -0.0800. The van der Waals surface area contributed by atoms with Crippen LogP contribution in [0.3, 0.4) is 0 Å². The van der Waals surface area contributed by atoms with Gasteiger partial charge in [-0.05, 0) is 43.6 Å². The lowest BCUT2D eigenvalue weighted by Crippen LogP contribution is -2.27. The molecule has 2 aliphatic rings. The molecular formula is C11H21NO. The Morgan fingerprint density at radius 1 is 1.38 bits per heavy atom. The molecule has 2 unspecified atom stereocenters. The summed E-state index contributed by atoms with van der Waals surface area (Å²) < 4.78 is 0. The molecule has 0 spiro atoms. The van der Waals surface area contributed by atoms with Gasteiger partial charge in [0.1, 0.15) is 0 Å². The van der Waals surface area contributed by atoms with Crippen molar-refractivity contribution in [3.05, 3.63) is 0 Å². The zero-order valence-corrected chi connectivity index (χ0v) is 8.58. The highest BCUT2D eigenvalue weighted by atomic mass is 16.3. The molecule has 0 radical (unpaired) electrons. The standard InChI is InChI=1S/C11H21NO/c1-9(11-2-3-11)6-12-5-4-10(7-12)8-13/h9-11,13H,2-8H2,1H3. The van der Waals surface area contributed by atoms with Gasteiger partial charge in [-0.2, -0.15) is 0 Å². The molecule has 1 heterocycles. The fourth-order valence-corrected chi connectivity index (χ4v) is 2.45. The van der Waals surface area contributed by atoms with E-state index in [9.17, 15) is 0 Å². The van der Waals surface area contributed by atoms with Crippen LogP contribution in [0.1, 0.15) is 26.2 Å². The van der Waals surface area contributed by atoms with Crippen molar-refractivity contribution in [1.82, 2.24) is 4.90 Å². The Morgan fingerprint density at radius 3 is 2.69 bits per heavy atom. The first kappa shape index (κ1) is 9.47. The summed E-state index contributed by atoms with van der Waals surface area (Å²) in [6.07, 6.45) is 4.12. The average Bonchev–Trinajstić information content (AvgIpc) is 2.88. The molecule has 0 bridgehead atoms. The van der Waals surface area contributed by atoms with E-state index in [2.05, 4.69) is 11.8 Å². The maximum atomic E-state index is 9.01. The van der Waals surface area contributed by atoms with E-state index in [4.69, 9.17) is 5.11 Å². The lowest BCUT2D eigenvalue weighted by Gasteiger charge is -2.20. The van der Waals surface area contributed by atoms with Gasteiger partial charge in [0, 0.05) is 19.7 Å². The van der Waals surface area contributed by atoms with Crippen LogP contribution in [0.4, 0.5) is 0 Å². The third-order valence-electron chi connectivity index (χ3n) is 3.60. The summed E-state index contributed by atoms with van der Waals surface area (Å²) in [4.78, 5) is 2.53. The maximum absolute atomic E-state index is 9.01. The Balaban J connectivity index is 1.70. The second-order valence-corrected chi connectivity index (χ2v) is 4.91. The first-order chi connectivity index (χ1) is 6.29. The van der Waals surface area contributed by atoms with Gasteiger partial charge in [-0.25, -0.2) is 0 Å². The Bertz CT molecular complexity index is 167. The van der Waals surface area contributed by atoms with Crippen LogP contribution >= 0.6 is 0 Å². The topological polar surface area (TPSA) is 23.5 Å². The molecule has 1 saturated carbocycles. The van der Waals surface area contributed by atoms with Crippen LogP contribution in [0.2, 0.25) is 0 Å². The van der Waals surface area contributed by atoms with E-state index >= 15 is 0 Å². The van der Waals surface area contributed by atoms with Crippen molar-refractivity contribution in [1.29, 1.82) is 0 Å². The summed E-state index contributed by atoms with van der Waals surface area (Å²) in [5, 5.41) is 9.01. The quantitative estimate of drug-likeness (QED) is 0.711. The molecule has 2 atom stereocenters. The van der Waals surface area contributed by atoms with Crippen LogP contribution in [-0.4, -0.2) is 36.2 Å². The molecule has 2 rings (SSSR count). The molecule has 1 saturated heterocycles. The number of hydrogen-bond donors (Lipinski definition) is 1. The monoisotopic (exact) mass is 183 g/mol. The van der Waals surface area contributed by atoms with Gasteiger partial charge in [-0.3, -0.25) is 0 Å². The van der Waals surface area contributed by atoms with Crippen molar-refractivity contribution in [2.24, 2.45) is 17.8 Å². The molecule has 2 heteroatoms. The van der Waals surface area contributed by atoms with Crippen LogP contribution in [0.15, 0.2) is 0 Å². The van der Waals surface area contributed by atoms with Crippen LogP contribution in [-0.2, 0) is 0 Å². The summed E-state index contributed by atoms with van der Waals surface area (Å²) in [7, 11) is 0. The number of hydrogen-bond acceptors (Lipinski definition) is 2. The zero-order chi connectivity index (χ0) is 9.26. The van der Waals surface area contributed by atoms with Gasteiger partial charge in [0.15, 0.2) is 0 Å². The lowest BCUT2D eigenvalue weighted by atomic mass is 10.1. The number of aliphatic hydroxyl groups excluding tert-OH is 1. The van der Waals surface area contributed by atoms with E-state index in [1.807, 2.05) is 0 Å². The first-order valence-corrected chi connectivity index (χ1v) is 5.63. The minimum atomic E-state index is 0.383. The van der Waals surface area contributed by atoms with Crippen LogP contribution in [0.25, 0.3) is 0 Å². The van der Waals surface area contributed by atoms with Gasteiger partial charge < -0.3 is 10.0 Å². The molecule has 2 nitrogen and oxygen atoms in total. The highest BCUT2D eigenvalue weighted by molar-refractivity contribution is 4.83. The molecule has 13 heavy (non-hydrogen) atoms. The van der Waals surface area contributed by atoms with Crippen molar-refractivity contribution in [2.75, 3.05) is 26.2 Å². The fourth-order valence-electron chi connectivity index (χ4n) is 2.45.